The Balaban J connectivity index is 1.50. The van der Waals surface area contributed by atoms with Crippen LogP contribution in [0.3, 0.4) is 0 Å². The van der Waals surface area contributed by atoms with Crippen LogP contribution < -0.4 is 10.6 Å². The maximum absolute atomic E-state index is 12.7. The van der Waals surface area contributed by atoms with Crippen LogP contribution in [0.25, 0.3) is 0 Å². The van der Waals surface area contributed by atoms with Crippen LogP contribution in [0.5, 0.6) is 0 Å². The van der Waals surface area contributed by atoms with Gasteiger partial charge in [-0.2, -0.15) is 0 Å². The molecular weight excluding hydrogens is 414 g/mol. The third kappa shape index (κ3) is 3.76. The third-order valence-corrected chi connectivity index (χ3v) is 7.51. The molecule has 3 heterocycles. The van der Waals surface area contributed by atoms with Crippen LogP contribution >= 0.6 is 0 Å². The molecule has 1 spiro atoms. The Labute approximate surface area is 196 Å². The van der Waals surface area contributed by atoms with E-state index in [2.05, 4.69) is 35.0 Å². The fraction of sp³-hybridized carbons (Fsp3) is 0.577. The molecule has 1 amide bonds. The van der Waals surface area contributed by atoms with Gasteiger partial charge in [0.05, 0.1) is 0 Å². The topological polar surface area (TPSA) is 84.6 Å². The minimum atomic E-state index is -0.486. The van der Waals surface area contributed by atoms with Crippen molar-refractivity contribution < 1.29 is 9.53 Å². The Bertz CT molecular complexity index is 1070. The Hall–Kier alpha value is -2.67. The van der Waals surface area contributed by atoms with Crippen LogP contribution in [0.2, 0.25) is 0 Å². The van der Waals surface area contributed by atoms with Crippen molar-refractivity contribution >= 4 is 17.6 Å². The highest BCUT2D eigenvalue weighted by Gasteiger charge is 2.48. The predicted octanol–water partition coefficient (Wildman–Crippen LogP) is 4.41. The average Bonchev–Trinajstić information content (AvgIpc) is 3.32. The molecule has 1 aromatic heterocycles. The lowest BCUT2D eigenvalue weighted by Gasteiger charge is -2.40. The zero-order chi connectivity index (χ0) is 23.4. The molecule has 1 aromatic carbocycles. The summed E-state index contributed by atoms with van der Waals surface area (Å²) in [7, 11) is 0. The quantitative estimate of drug-likeness (QED) is 0.731. The summed E-state index contributed by atoms with van der Waals surface area (Å²) in [6.45, 7) is 10.7. The molecule has 5 rings (SSSR count). The number of piperidine rings is 1. The summed E-state index contributed by atoms with van der Waals surface area (Å²) in [5.74, 6) is 1.51. The maximum Gasteiger partial charge on any atom is 0.410 e. The zero-order valence-electron chi connectivity index (χ0n) is 20.2. The lowest BCUT2D eigenvalue weighted by atomic mass is 9.72. The van der Waals surface area contributed by atoms with Crippen LogP contribution in [0.1, 0.15) is 75.3 Å². The van der Waals surface area contributed by atoms with Crippen molar-refractivity contribution in [3.63, 3.8) is 0 Å². The molecule has 3 aliphatic rings. The fourth-order valence-corrected chi connectivity index (χ4v) is 5.94. The number of carbonyl (C=O) groups excluding carboxylic acids is 1. The summed E-state index contributed by atoms with van der Waals surface area (Å²) in [6, 6.07) is 6.46. The largest absolute Gasteiger partial charge is 0.444 e. The normalized spacial score (nSPS) is 21.3. The van der Waals surface area contributed by atoms with Gasteiger partial charge in [0.1, 0.15) is 17.7 Å². The lowest BCUT2D eigenvalue weighted by molar-refractivity contribution is 0.0170. The minimum absolute atomic E-state index is 0.0521. The minimum Gasteiger partial charge on any atom is -0.444 e. The van der Waals surface area contributed by atoms with Gasteiger partial charge in [-0.05, 0) is 69.6 Å². The molecule has 2 N–H and O–H groups in total. The number of nitrogens with zero attached hydrogens (tertiary/aromatic N) is 4. The highest BCUT2D eigenvalue weighted by Crippen LogP contribution is 2.52. The van der Waals surface area contributed by atoms with Crippen LogP contribution in [-0.2, 0) is 23.1 Å². The molecule has 0 radical (unpaired) electrons. The molecule has 33 heavy (non-hydrogen) atoms. The first kappa shape index (κ1) is 22.1. The summed E-state index contributed by atoms with van der Waals surface area (Å²) in [5.41, 5.74) is 11.9. The van der Waals surface area contributed by atoms with E-state index in [1.165, 1.54) is 28.1 Å². The Kier molecular flexibility index (Phi) is 5.35. The van der Waals surface area contributed by atoms with Gasteiger partial charge in [-0.1, -0.05) is 19.1 Å². The molecular formula is C26H35N5O2. The van der Waals surface area contributed by atoms with Gasteiger partial charge < -0.3 is 20.3 Å². The molecule has 1 saturated heterocycles. The number of ether oxygens (including phenoxy) is 1. The maximum atomic E-state index is 12.7. The SMILES string of the molecule is C[C@@H]1CCc2ncnc(N3CC4(CCN(C(=O)OC(C)(C)C)CC4)c4c(CN)cccc43)c21. The van der Waals surface area contributed by atoms with Gasteiger partial charge in [-0.15, -0.1) is 0 Å². The first-order valence-electron chi connectivity index (χ1n) is 12.1. The summed E-state index contributed by atoms with van der Waals surface area (Å²) < 4.78 is 5.63. The average molecular weight is 450 g/mol. The van der Waals surface area contributed by atoms with E-state index >= 15 is 0 Å². The summed E-state index contributed by atoms with van der Waals surface area (Å²) >= 11 is 0. The van der Waals surface area contributed by atoms with Crippen molar-refractivity contribution in [2.24, 2.45) is 5.73 Å². The monoisotopic (exact) mass is 449 g/mol. The molecule has 1 aliphatic carbocycles. The smallest absolute Gasteiger partial charge is 0.410 e. The summed E-state index contributed by atoms with van der Waals surface area (Å²) in [5, 5.41) is 0. The number of amides is 1. The number of rotatable bonds is 2. The number of carbonyl (C=O) groups is 1. The summed E-state index contributed by atoms with van der Waals surface area (Å²) in [4.78, 5) is 26.3. The highest BCUT2D eigenvalue weighted by atomic mass is 16.6. The molecule has 2 aliphatic heterocycles. The van der Waals surface area contributed by atoms with Gasteiger partial charge in [0.25, 0.3) is 0 Å². The van der Waals surface area contributed by atoms with E-state index in [-0.39, 0.29) is 11.5 Å². The second kappa shape index (κ2) is 7.97. The van der Waals surface area contributed by atoms with E-state index in [4.69, 9.17) is 15.5 Å². The molecule has 0 saturated carbocycles. The van der Waals surface area contributed by atoms with Crippen molar-refractivity contribution in [1.82, 2.24) is 14.9 Å². The van der Waals surface area contributed by atoms with E-state index in [1.54, 1.807) is 6.33 Å². The van der Waals surface area contributed by atoms with Gasteiger partial charge in [0, 0.05) is 48.5 Å². The van der Waals surface area contributed by atoms with Crippen molar-refractivity contribution in [3.8, 4) is 0 Å². The van der Waals surface area contributed by atoms with Crippen LogP contribution in [0.15, 0.2) is 24.5 Å². The first-order valence-corrected chi connectivity index (χ1v) is 12.1. The fourth-order valence-electron chi connectivity index (χ4n) is 5.94. The lowest BCUT2D eigenvalue weighted by Crippen LogP contribution is -2.48. The van der Waals surface area contributed by atoms with E-state index in [0.29, 0.717) is 25.6 Å². The van der Waals surface area contributed by atoms with Gasteiger partial charge in [-0.3, -0.25) is 0 Å². The molecule has 0 bridgehead atoms. The van der Waals surface area contributed by atoms with Crippen LogP contribution in [0, 0.1) is 0 Å². The molecule has 2 aromatic rings. The van der Waals surface area contributed by atoms with Gasteiger partial charge in [0.15, 0.2) is 0 Å². The summed E-state index contributed by atoms with van der Waals surface area (Å²) in [6.07, 6.45) is 5.41. The molecule has 1 atom stereocenters. The highest BCUT2D eigenvalue weighted by molar-refractivity contribution is 5.75. The molecule has 176 valence electrons. The van der Waals surface area contributed by atoms with E-state index in [0.717, 1.165) is 38.0 Å². The predicted molar refractivity (Wildman–Crippen MR) is 129 cm³/mol. The first-order chi connectivity index (χ1) is 15.7. The number of fused-ring (bicyclic) bond motifs is 3. The second-order valence-electron chi connectivity index (χ2n) is 10.8. The molecule has 7 heteroatoms. The van der Waals surface area contributed by atoms with E-state index < -0.39 is 5.60 Å². The van der Waals surface area contributed by atoms with Crippen molar-refractivity contribution in [2.45, 2.75) is 76.9 Å². The standard InChI is InChI=1S/C26H35N5O2/c1-17-8-9-19-21(17)23(29-16-28-19)31-15-26(22-18(14-27)6-5-7-20(22)31)10-12-30(13-11-26)24(32)33-25(2,3)4/h5-7,16-17H,8-15,27H2,1-4H3/t17-/m1/s1. The molecule has 0 unspecified atom stereocenters. The number of benzene rings is 1. The van der Waals surface area contributed by atoms with Crippen molar-refractivity contribution in [1.29, 1.82) is 0 Å². The van der Waals surface area contributed by atoms with Gasteiger partial charge in [-0.25, -0.2) is 14.8 Å². The molecule has 1 fully saturated rings. The number of nitrogens with two attached hydrogens (primary N) is 1. The number of aromatic nitrogens is 2. The number of likely N-dealkylation sites (tertiary alicyclic amines) is 1. The second-order valence-corrected chi connectivity index (χ2v) is 10.8. The number of aryl methyl sites for hydroxylation is 1. The Morgan fingerprint density at radius 1 is 1.24 bits per heavy atom. The van der Waals surface area contributed by atoms with E-state index in [1.807, 2.05) is 25.7 Å². The molecule has 7 nitrogen and oxygen atoms in total. The van der Waals surface area contributed by atoms with Crippen LogP contribution in [0.4, 0.5) is 16.3 Å². The number of hydrogen-bond acceptors (Lipinski definition) is 6. The zero-order valence-corrected chi connectivity index (χ0v) is 20.2. The Morgan fingerprint density at radius 3 is 2.70 bits per heavy atom. The van der Waals surface area contributed by atoms with Crippen molar-refractivity contribution in [3.05, 3.63) is 46.9 Å². The van der Waals surface area contributed by atoms with Crippen LogP contribution in [-0.4, -0.2) is 46.2 Å². The number of anilines is 2. The van der Waals surface area contributed by atoms with Gasteiger partial charge in [0.2, 0.25) is 0 Å². The third-order valence-electron chi connectivity index (χ3n) is 7.51. The number of hydrogen-bond donors (Lipinski definition) is 1. The van der Waals surface area contributed by atoms with Crippen molar-refractivity contribution in [2.75, 3.05) is 24.5 Å². The van der Waals surface area contributed by atoms with Gasteiger partial charge >= 0.3 is 6.09 Å². The van der Waals surface area contributed by atoms with E-state index in [9.17, 15) is 4.79 Å². The Morgan fingerprint density at radius 2 is 2.00 bits per heavy atom.